The fourth-order valence-corrected chi connectivity index (χ4v) is 3.84. The van der Waals surface area contributed by atoms with Crippen LogP contribution in [0.2, 0.25) is 0 Å². The molecular weight excluding hydrogens is 340 g/mol. The zero-order valence-corrected chi connectivity index (χ0v) is 16.8. The summed E-state index contributed by atoms with van der Waals surface area (Å²) in [6, 6.07) is 9.03. The Labute approximate surface area is 163 Å². The molecule has 1 N–H and O–H groups in total. The van der Waals surface area contributed by atoms with Crippen molar-refractivity contribution in [2.45, 2.75) is 32.2 Å². The van der Waals surface area contributed by atoms with Crippen LogP contribution in [0.1, 0.15) is 25.3 Å². The lowest BCUT2D eigenvalue weighted by atomic mass is 10.1. The average Bonchev–Trinajstić information content (AvgIpc) is 3.21. The second-order valence-corrected chi connectivity index (χ2v) is 7.26. The highest BCUT2D eigenvalue weighted by molar-refractivity contribution is 5.80. The van der Waals surface area contributed by atoms with E-state index in [1.807, 2.05) is 13.1 Å². The highest BCUT2D eigenvalue weighted by atomic mass is 16.5. The van der Waals surface area contributed by atoms with Crippen LogP contribution in [0.3, 0.4) is 0 Å². The van der Waals surface area contributed by atoms with E-state index < -0.39 is 0 Å². The molecule has 150 valence electrons. The number of hydrogen-bond acceptors (Lipinski definition) is 4. The predicted molar refractivity (Wildman–Crippen MR) is 110 cm³/mol. The van der Waals surface area contributed by atoms with Gasteiger partial charge in [-0.3, -0.25) is 9.89 Å². The van der Waals surface area contributed by atoms with Crippen molar-refractivity contribution in [3.05, 3.63) is 29.8 Å². The number of aliphatic imine (C=N–C) groups is 1. The fourth-order valence-electron chi connectivity index (χ4n) is 3.84. The van der Waals surface area contributed by atoms with Crippen LogP contribution < -0.4 is 10.1 Å². The Balaban J connectivity index is 1.44. The molecule has 1 aromatic rings. The largest absolute Gasteiger partial charge is 0.494 e. The SMILES string of the molecule is CCCOc1cccc(CCNC(=NC)N2CCC(N3CCOCC3)C2)c1. The number of nitrogens with zero attached hydrogens (tertiary/aromatic N) is 3. The first-order valence-corrected chi connectivity index (χ1v) is 10.3. The van der Waals surface area contributed by atoms with Crippen LogP contribution in [-0.4, -0.2) is 81.4 Å². The first-order valence-electron chi connectivity index (χ1n) is 10.3. The zero-order valence-electron chi connectivity index (χ0n) is 16.8. The van der Waals surface area contributed by atoms with Crippen molar-refractivity contribution in [1.82, 2.24) is 15.1 Å². The predicted octanol–water partition coefficient (Wildman–Crippen LogP) is 2.00. The molecule has 2 heterocycles. The van der Waals surface area contributed by atoms with Crippen LogP contribution in [0.4, 0.5) is 0 Å². The van der Waals surface area contributed by atoms with Gasteiger partial charge in [0.25, 0.3) is 0 Å². The van der Waals surface area contributed by atoms with E-state index in [4.69, 9.17) is 9.47 Å². The summed E-state index contributed by atoms with van der Waals surface area (Å²) in [5.41, 5.74) is 1.29. The number of hydrogen-bond donors (Lipinski definition) is 1. The quantitative estimate of drug-likeness (QED) is 0.584. The van der Waals surface area contributed by atoms with Gasteiger partial charge in [0.1, 0.15) is 5.75 Å². The smallest absolute Gasteiger partial charge is 0.193 e. The Bertz CT molecular complexity index is 602. The van der Waals surface area contributed by atoms with Crippen molar-refractivity contribution in [3.63, 3.8) is 0 Å². The van der Waals surface area contributed by atoms with Crippen LogP contribution >= 0.6 is 0 Å². The molecule has 0 aliphatic carbocycles. The van der Waals surface area contributed by atoms with Crippen molar-refractivity contribution in [3.8, 4) is 5.75 Å². The van der Waals surface area contributed by atoms with E-state index in [1.54, 1.807) is 0 Å². The van der Waals surface area contributed by atoms with E-state index in [0.717, 1.165) is 77.1 Å². The van der Waals surface area contributed by atoms with Crippen LogP contribution in [0.15, 0.2) is 29.3 Å². The number of likely N-dealkylation sites (tertiary alicyclic amines) is 1. The topological polar surface area (TPSA) is 49.3 Å². The van der Waals surface area contributed by atoms with Gasteiger partial charge in [0.15, 0.2) is 5.96 Å². The molecule has 0 aromatic heterocycles. The maximum atomic E-state index is 5.73. The molecule has 0 radical (unpaired) electrons. The number of rotatable bonds is 7. The Morgan fingerprint density at radius 1 is 1.30 bits per heavy atom. The first kappa shape index (κ1) is 20.0. The van der Waals surface area contributed by atoms with Gasteiger partial charge in [-0.05, 0) is 37.0 Å². The molecule has 3 rings (SSSR count). The van der Waals surface area contributed by atoms with Crippen molar-refractivity contribution in [2.24, 2.45) is 4.99 Å². The lowest BCUT2D eigenvalue weighted by Crippen LogP contribution is -2.46. The van der Waals surface area contributed by atoms with E-state index in [-0.39, 0.29) is 0 Å². The maximum Gasteiger partial charge on any atom is 0.193 e. The van der Waals surface area contributed by atoms with Gasteiger partial charge in [-0.15, -0.1) is 0 Å². The number of guanidine groups is 1. The molecule has 2 aliphatic heterocycles. The van der Waals surface area contributed by atoms with Crippen LogP contribution in [0, 0.1) is 0 Å². The highest BCUT2D eigenvalue weighted by Gasteiger charge is 2.30. The Kier molecular flexibility index (Phi) is 7.78. The molecule has 2 aliphatic rings. The number of ether oxygens (including phenoxy) is 2. The minimum atomic E-state index is 0.625. The summed E-state index contributed by atoms with van der Waals surface area (Å²) >= 11 is 0. The molecule has 6 heteroatoms. The third-order valence-corrected chi connectivity index (χ3v) is 5.30. The molecule has 2 saturated heterocycles. The second-order valence-electron chi connectivity index (χ2n) is 7.26. The summed E-state index contributed by atoms with van der Waals surface area (Å²) < 4.78 is 11.2. The molecule has 27 heavy (non-hydrogen) atoms. The number of morpholine rings is 1. The van der Waals surface area contributed by atoms with Gasteiger partial charge < -0.3 is 19.7 Å². The molecule has 0 spiro atoms. The molecule has 1 atom stereocenters. The lowest BCUT2D eigenvalue weighted by Gasteiger charge is -2.32. The van der Waals surface area contributed by atoms with Gasteiger partial charge in [-0.2, -0.15) is 0 Å². The molecule has 0 bridgehead atoms. The van der Waals surface area contributed by atoms with E-state index in [1.165, 1.54) is 12.0 Å². The number of benzene rings is 1. The number of nitrogens with one attached hydrogen (secondary N) is 1. The molecule has 0 amide bonds. The molecule has 1 aromatic carbocycles. The monoisotopic (exact) mass is 374 g/mol. The first-order chi connectivity index (χ1) is 13.3. The second kappa shape index (κ2) is 10.5. The van der Waals surface area contributed by atoms with E-state index in [2.05, 4.69) is 45.2 Å². The van der Waals surface area contributed by atoms with Gasteiger partial charge >= 0.3 is 0 Å². The van der Waals surface area contributed by atoms with Crippen molar-refractivity contribution in [1.29, 1.82) is 0 Å². The summed E-state index contributed by atoms with van der Waals surface area (Å²) in [4.78, 5) is 9.46. The normalized spacial score (nSPS) is 21.5. The van der Waals surface area contributed by atoms with E-state index in [9.17, 15) is 0 Å². The van der Waals surface area contributed by atoms with Crippen molar-refractivity contribution < 1.29 is 9.47 Å². The van der Waals surface area contributed by atoms with Crippen molar-refractivity contribution in [2.75, 3.05) is 59.6 Å². The highest BCUT2D eigenvalue weighted by Crippen LogP contribution is 2.17. The Morgan fingerprint density at radius 2 is 2.15 bits per heavy atom. The fraction of sp³-hybridized carbons (Fsp3) is 0.667. The Morgan fingerprint density at radius 3 is 2.93 bits per heavy atom. The molecule has 2 fully saturated rings. The molecule has 6 nitrogen and oxygen atoms in total. The van der Waals surface area contributed by atoms with Gasteiger partial charge in [0.2, 0.25) is 0 Å². The zero-order chi connectivity index (χ0) is 18.9. The minimum absolute atomic E-state index is 0.625. The maximum absolute atomic E-state index is 5.73. The van der Waals surface area contributed by atoms with E-state index >= 15 is 0 Å². The summed E-state index contributed by atoms with van der Waals surface area (Å²) in [6.45, 7) is 9.75. The summed E-state index contributed by atoms with van der Waals surface area (Å²) in [5.74, 6) is 1.98. The van der Waals surface area contributed by atoms with Gasteiger partial charge in [0, 0.05) is 45.8 Å². The van der Waals surface area contributed by atoms with Crippen LogP contribution in [0.25, 0.3) is 0 Å². The minimum Gasteiger partial charge on any atom is -0.494 e. The summed E-state index contributed by atoms with van der Waals surface area (Å²) in [5, 5.41) is 3.54. The van der Waals surface area contributed by atoms with Crippen LogP contribution in [0.5, 0.6) is 5.75 Å². The standard InChI is InChI=1S/C21H34N4O2/c1-3-13-27-20-6-4-5-18(16-20)7-9-23-21(22-2)25-10-8-19(17-25)24-11-14-26-15-12-24/h4-6,16,19H,3,7-15,17H2,1-2H3,(H,22,23). The van der Waals surface area contributed by atoms with E-state index in [0.29, 0.717) is 6.04 Å². The van der Waals surface area contributed by atoms with Crippen LogP contribution in [-0.2, 0) is 11.2 Å². The molecule has 0 saturated carbocycles. The van der Waals surface area contributed by atoms with Gasteiger partial charge in [-0.25, -0.2) is 0 Å². The molecular formula is C21H34N4O2. The van der Waals surface area contributed by atoms with Gasteiger partial charge in [-0.1, -0.05) is 19.1 Å². The van der Waals surface area contributed by atoms with Crippen molar-refractivity contribution >= 4 is 5.96 Å². The Hall–Kier alpha value is -1.79. The van der Waals surface area contributed by atoms with Gasteiger partial charge in [0.05, 0.1) is 19.8 Å². The third-order valence-electron chi connectivity index (χ3n) is 5.30. The summed E-state index contributed by atoms with van der Waals surface area (Å²) in [7, 11) is 1.88. The summed E-state index contributed by atoms with van der Waals surface area (Å²) in [6.07, 6.45) is 3.20. The molecule has 1 unspecified atom stereocenters. The third kappa shape index (κ3) is 5.84. The lowest BCUT2D eigenvalue weighted by molar-refractivity contribution is 0.0195. The average molecular weight is 375 g/mol.